The number of rotatable bonds is 8. The molecule has 0 heterocycles. The van der Waals surface area contributed by atoms with Gasteiger partial charge in [0.2, 0.25) is 0 Å². The molecule has 0 unspecified atom stereocenters. The molecule has 5 atom stereocenters. The van der Waals surface area contributed by atoms with Crippen LogP contribution >= 0.6 is 0 Å². The predicted molar refractivity (Wildman–Crippen MR) is 143 cm³/mol. The zero-order valence-corrected chi connectivity index (χ0v) is 21.7. The summed E-state index contributed by atoms with van der Waals surface area (Å²) in [5.74, 6) is 1.04. The molecule has 36 heavy (non-hydrogen) atoms. The molecule has 4 nitrogen and oxygen atoms in total. The molecule has 3 fully saturated rings. The van der Waals surface area contributed by atoms with Crippen molar-refractivity contribution in [3.63, 3.8) is 0 Å². The number of fused-ring (bicyclic) bond motifs is 2. The number of aliphatic hydroxyl groups excluding tert-OH is 1. The minimum Gasteiger partial charge on any atom is -0.508 e. The third kappa shape index (κ3) is 3.76. The number of Topliss-reactive ketones (excluding diaryl/α,β-unsaturated/α-hetero) is 1. The van der Waals surface area contributed by atoms with E-state index in [1.165, 1.54) is 19.3 Å². The highest BCUT2D eigenvalue weighted by atomic mass is 16.5. The summed E-state index contributed by atoms with van der Waals surface area (Å²) < 4.78 is 6.14. The van der Waals surface area contributed by atoms with Crippen molar-refractivity contribution in [2.45, 2.75) is 64.4 Å². The molecule has 3 aliphatic carbocycles. The second-order valence-electron chi connectivity index (χ2n) is 11.5. The Bertz CT molecular complexity index is 1130. The molecular weight excluding hydrogens is 448 g/mol. The van der Waals surface area contributed by atoms with Crippen LogP contribution in [0.5, 0.6) is 5.75 Å². The van der Waals surface area contributed by atoms with Gasteiger partial charge in [-0.1, -0.05) is 74.7 Å². The van der Waals surface area contributed by atoms with Gasteiger partial charge in [-0.3, -0.25) is 4.79 Å². The number of aryl methyl sites for hydroxylation is 1. The van der Waals surface area contributed by atoms with E-state index in [2.05, 4.69) is 25.6 Å². The van der Waals surface area contributed by atoms with Crippen molar-refractivity contribution in [2.24, 2.45) is 28.6 Å². The lowest BCUT2D eigenvalue weighted by atomic mass is 9.50. The SMILES string of the molecule is C=C1[C@@H]2[C@@H](CO)C[C@](C(=O)CCc3cccc(-c4cccc(O)c4)c3)([C@@H]2OC)[C@@]1(C)C1CCCCC1. The molecule has 2 N–H and O–H groups in total. The molecular formula is C32H40O4. The molecule has 0 aromatic heterocycles. The standard InChI is InChI=1S/C32H40O4/c1-21-29-25(20-33)19-32(30(29)36-3,31(21,2)26-12-5-4-6-13-26)28(35)16-15-22-9-7-10-23(17-22)24-11-8-14-27(34)18-24/h7-11,14,17-18,25-26,29-30,33-34H,1,4-6,12-13,15-16,19-20H2,2-3H3/t25-,29-,30-,31-,32+/m1/s1. The summed E-state index contributed by atoms with van der Waals surface area (Å²) in [5, 5.41) is 20.1. The number of carbonyl (C=O) groups excluding carboxylic acids is 1. The molecule has 3 aliphatic rings. The van der Waals surface area contributed by atoms with Crippen LogP contribution in [0.3, 0.4) is 0 Å². The second-order valence-corrected chi connectivity index (χ2v) is 11.5. The number of phenolic OH excluding ortho intramolecular Hbond substituents is 1. The third-order valence-electron chi connectivity index (χ3n) is 10.1. The summed E-state index contributed by atoms with van der Waals surface area (Å²) in [6.45, 7) is 6.97. The van der Waals surface area contributed by atoms with E-state index in [0.717, 1.165) is 35.1 Å². The van der Waals surface area contributed by atoms with E-state index in [4.69, 9.17) is 4.74 Å². The molecule has 0 amide bonds. The Balaban J connectivity index is 1.44. The van der Waals surface area contributed by atoms with E-state index in [0.29, 0.717) is 25.2 Å². The fourth-order valence-corrected chi connectivity index (χ4v) is 8.29. The van der Waals surface area contributed by atoms with Gasteiger partial charge in [0.25, 0.3) is 0 Å². The van der Waals surface area contributed by atoms with Crippen LogP contribution in [-0.4, -0.2) is 35.8 Å². The number of ketones is 1. The zero-order chi connectivity index (χ0) is 25.5. The van der Waals surface area contributed by atoms with Gasteiger partial charge >= 0.3 is 0 Å². The van der Waals surface area contributed by atoms with Gasteiger partial charge in [-0.2, -0.15) is 0 Å². The summed E-state index contributed by atoms with van der Waals surface area (Å²) in [6, 6.07) is 15.5. The Morgan fingerprint density at radius 1 is 1.08 bits per heavy atom. The Kier molecular flexibility index (Phi) is 6.86. The number of methoxy groups -OCH3 is 1. The lowest BCUT2D eigenvalue weighted by Crippen LogP contribution is -2.53. The molecule has 2 aromatic carbocycles. The van der Waals surface area contributed by atoms with E-state index < -0.39 is 5.41 Å². The van der Waals surface area contributed by atoms with Gasteiger partial charge in [-0.15, -0.1) is 0 Å². The van der Waals surface area contributed by atoms with E-state index >= 15 is 0 Å². The van der Waals surface area contributed by atoms with Crippen LogP contribution in [0, 0.1) is 28.6 Å². The van der Waals surface area contributed by atoms with Gasteiger partial charge in [-0.05, 0) is 66.3 Å². The number of hydrogen-bond acceptors (Lipinski definition) is 4. The van der Waals surface area contributed by atoms with Crippen molar-refractivity contribution < 1.29 is 19.7 Å². The van der Waals surface area contributed by atoms with Crippen LogP contribution in [0.15, 0.2) is 60.7 Å². The normalized spacial score (nSPS) is 32.2. The summed E-state index contributed by atoms with van der Waals surface area (Å²) in [5.41, 5.74) is 3.34. The van der Waals surface area contributed by atoms with Gasteiger partial charge < -0.3 is 14.9 Å². The van der Waals surface area contributed by atoms with E-state index in [9.17, 15) is 15.0 Å². The molecule has 2 aromatic rings. The predicted octanol–water partition coefficient (Wildman–Crippen LogP) is 6.35. The minimum atomic E-state index is -0.623. The van der Waals surface area contributed by atoms with Crippen LogP contribution in [0.1, 0.15) is 57.4 Å². The van der Waals surface area contributed by atoms with Crippen molar-refractivity contribution in [1.29, 1.82) is 0 Å². The molecule has 3 saturated carbocycles. The molecule has 0 aliphatic heterocycles. The number of phenols is 1. The van der Waals surface area contributed by atoms with E-state index in [-0.39, 0.29) is 41.5 Å². The Labute approximate surface area is 215 Å². The van der Waals surface area contributed by atoms with Crippen molar-refractivity contribution in [3.05, 3.63) is 66.2 Å². The molecule has 5 rings (SSSR count). The topological polar surface area (TPSA) is 66.8 Å². The highest BCUT2D eigenvalue weighted by Crippen LogP contribution is 2.73. The van der Waals surface area contributed by atoms with E-state index in [1.807, 2.05) is 24.3 Å². The maximum absolute atomic E-state index is 14.4. The quantitative estimate of drug-likeness (QED) is 0.425. The molecule has 0 radical (unpaired) electrons. The monoisotopic (exact) mass is 488 g/mol. The summed E-state index contributed by atoms with van der Waals surface area (Å²) in [6.07, 6.45) is 7.58. The fourth-order valence-electron chi connectivity index (χ4n) is 8.29. The number of aliphatic hydroxyl groups is 1. The Morgan fingerprint density at radius 2 is 1.78 bits per heavy atom. The van der Waals surface area contributed by atoms with Gasteiger partial charge in [0, 0.05) is 31.5 Å². The molecule has 192 valence electrons. The summed E-state index contributed by atoms with van der Waals surface area (Å²) in [4.78, 5) is 14.4. The average Bonchev–Trinajstić information content (AvgIpc) is 3.35. The minimum absolute atomic E-state index is 0.0390. The number of carbonyl (C=O) groups is 1. The maximum atomic E-state index is 14.4. The van der Waals surface area contributed by atoms with Gasteiger partial charge in [0.1, 0.15) is 11.5 Å². The third-order valence-corrected chi connectivity index (χ3v) is 10.1. The first kappa shape index (κ1) is 25.2. The van der Waals surface area contributed by atoms with Crippen molar-refractivity contribution in [2.75, 3.05) is 13.7 Å². The largest absolute Gasteiger partial charge is 0.508 e. The second kappa shape index (κ2) is 9.79. The molecule has 2 bridgehead atoms. The lowest BCUT2D eigenvalue weighted by Gasteiger charge is -2.52. The van der Waals surface area contributed by atoms with Crippen molar-refractivity contribution >= 4 is 5.78 Å². The van der Waals surface area contributed by atoms with Crippen LogP contribution < -0.4 is 0 Å². The van der Waals surface area contributed by atoms with Crippen LogP contribution in [0.25, 0.3) is 11.1 Å². The Hall–Kier alpha value is -2.43. The van der Waals surface area contributed by atoms with Crippen LogP contribution in [0.4, 0.5) is 0 Å². The number of benzene rings is 2. The van der Waals surface area contributed by atoms with E-state index in [1.54, 1.807) is 19.2 Å². The number of ether oxygens (including phenoxy) is 1. The molecule has 0 spiro atoms. The van der Waals surface area contributed by atoms with Gasteiger partial charge in [0.15, 0.2) is 0 Å². The summed E-state index contributed by atoms with van der Waals surface area (Å²) in [7, 11) is 1.73. The van der Waals surface area contributed by atoms with Crippen molar-refractivity contribution in [1.82, 2.24) is 0 Å². The lowest BCUT2D eigenvalue weighted by molar-refractivity contribution is -0.146. The first-order chi connectivity index (χ1) is 17.4. The van der Waals surface area contributed by atoms with Gasteiger partial charge in [0.05, 0.1) is 11.5 Å². The highest BCUT2D eigenvalue weighted by Gasteiger charge is 2.74. The first-order valence-electron chi connectivity index (χ1n) is 13.6. The zero-order valence-electron chi connectivity index (χ0n) is 21.7. The number of hydrogen-bond donors (Lipinski definition) is 2. The van der Waals surface area contributed by atoms with Crippen molar-refractivity contribution in [3.8, 4) is 16.9 Å². The van der Waals surface area contributed by atoms with Gasteiger partial charge in [-0.25, -0.2) is 0 Å². The molecule has 4 heteroatoms. The van der Waals surface area contributed by atoms with Crippen LogP contribution in [0.2, 0.25) is 0 Å². The maximum Gasteiger partial charge on any atom is 0.142 e. The highest BCUT2D eigenvalue weighted by molar-refractivity contribution is 5.89. The Morgan fingerprint density at radius 3 is 2.44 bits per heavy atom. The molecule has 0 saturated heterocycles. The average molecular weight is 489 g/mol. The smallest absolute Gasteiger partial charge is 0.142 e. The fraction of sp³-hybridized carbons (Fsp3) is 0.531. The number of aromatic hydroxyl groups is 1. The van der Waals surface area contributed by atoms with Crippen LogP contribution in [-0.2, 0) is 16.0 Å². The first-order valence-corrected chi connectivity index (χ1v) is 13.6. The summed E-state index contributed by atoms with van der Waals surface area (Å²) >= 11 is 0.